The van der Waals surface area contributed by atoms with Gasteiger partial charge >= 0.3 is 6.03 Å². The summed E-state index contributed by atoms with van der Waals surface area (Å²) < 4.78 is 5.39. The van der Waals surface area contributed by atoms with E-state index in [1.807, 2.05) is 52.0 Å². The lowest BCUT2D eigenvalue weighted by molar-refractivity contribution is 0.199. The van der Waals surface area contributed by atoms with E-state index in [0.717, 1.165) is 11.3 Å². The number of nitrogens with one attached hydrogen (secondary N) is 2. The second-order valence-corrected chi connectivity index (χ2v) is 5.29. The Labute approximate surface area is 126 Å². The first kappa shape index (κ1) is 17.3. The first-order chi connectivity index (χ1) is 9.97. The predicted molar refractivity (Wildman–Crippen MR) is 83.4 cm³/mol. The first-order valence-corrected chi connectivity index (χ1v) is 7.38. The number of benzene rings is 1. The highest BCUT2D eigenvalue weighted by atomic mass is 16.5. The summed E-state index contributed by atoms with van der Waals surface area (Å²) in [6.45, 7) is 8.32. The summed E-state index contributed by atoms with van der Waals surface area (Å²) in [5.41, 5.74) is 1.01. The van der Waals surface area contributed by atoms with Crippen LogP contribution in [-0.2, 0) is 0 Å². The maximum atomic E-state index is 11.9. The van der Waals surface area contributed by atoms with Crippen LogP contribution in [0.15, 0.2) is 24.3 Å². The third-order valence-electron chi connectivity index (χ3n) is 3.54. The lowest BCUT2D eigenvalue weighted by atomic mass is 10.1. The summed E-state index contributed by atoms with van der Waals surface area (Å²) in [7, 11) is 0. The Morgan fingerprint density at radius 2 is 1.81 bits per heavy atom. The van der Waals surface area contributed by atoms with Crippen molar-refractivity contribution < 1.29 is 14.6 Å². The summed E-state index contributed by atoms with van der Waals surface area (Å²) in [4.78, 5) is 11.9. The van der Waals surface area contributed by atoms with Gasteiger partial charge in [0.2, 0.25) is 0 Å². The smallest absolute Gasteiger partial charge is 0.315 e. The second kappa shape index (κ2) is 8.52. The number of hydrogen-bond donors (Lipinski definition) is 3. The third-order valence-corrected chi connectivity index (χ3v) is 3.54. The van der Waals surface area contributed by atoms with Gasteiger partial charge < -0.3 is 20.5 Å². The number of amides is 2. The van der Waals surface area contributed by atoms with Crippen LogP contribution in [0.25, 0.3) is 0 Å². The van der Waals surface area contributed by atoms with E-state index in [1.54, 1.807) is 0 Å². The van der Waals surface area contributed by atoms with Gasteiger partial charge in [0, 0.05) is 12.6 Å². The average molecular weight is 294 g/mol. The fourth-order valence-corrected chi connectivity index (χ4v) is 1.85. The number of carbonyl (C=O) groups excluding carboxylic acids is 1. The van der Waals surface area contributed by atoms with Crippen LogP contribution in [0.4, 0.5) is 4.79 Å². The Balaban J connectivity index is 2.51. The fourth-order valence-electron chi connectivity index (χ4n) is 1.85. The van der Waals surface area contributed by atoms with Crippen molar-refractivity contribution >= 4 is 6.03 Å². The molecule has 0 aliphatic carbocycles. The number of aliphatic hydroxyl groups is 1. The highest BCUT2D eigenvalue weighted by Crippen LogP contribution is 2.17. The van der Waals surface area contributed by atoms with Crippen LogP contribution >= 0.6 is 0 Å². The van der Waals surface area contributed by atoms with Crippen molar-refractivity contribution in [3.05, 3.63) is 29.8 Å². The van der Waals surface area contributed by atoms with Gasteiger partial charge in [0.25, 0.3) is 0 Å². The van der Waals surface area contributed by atoms with Crippen LogP contribution in [-0.4, -0.2) is 30.4 Å². The molecule has 0 aliphatic heterocycles. The normalized spacial score (nSPS) is 14.9. The summed E-state index contributed by atoms with van der Waals surface area (Å²) >= 11 is 0. The summed E-state index contributed by atoms with van der Waals surface area (Å²) in [5.74, 6) is 0.847. The molecule has 1 aromatic carbocycles. The zero-order chi connectivity index (χ0) is 15.8. The van der Waals surface area contributed by atoms with Gasteiger partial charge in [-0.2, -0.15) is 0 Å². The molecule has 1 aromatic rings. The van der Waals surface area contributed by atoms with Gasteiger partial charge in [-0.1, -0.05) is 19.1 Å². The topological polar surface area (TPSA) is 70.6 Å². The Hall–Kier alpha value is -1.75. The van der Waals surface area contributed by atoms with Gasteiger partial charge in [-0.15, -0.1) is 0 Å². The molecule has 3 unspecified atom stereocenters. The van der Waals surface area contributed by atoms with E-state index < -0.39 is 0 Å². The number of hydrogen-bond acceptors (Lipinski definition) is 3. The Morgan fingerprint density at radius 3 is 2.33 bits per heavy atom. The maximum Gasteiger partial charge on any atom is 0.315 e. The molecule has 0 heterocycles. The molecule has 0 fully saturated rings. The second-order valence-electron chi connectivity index (χ2n) is 5.29. The Bertz CT molecular complexity index is 434. The SMILES string of the molecule is CCOc1ccc(C(C)NC(=O)NC(C)C(C)CO)cc1. The van der Waals surface area contributed by atoms with Gasteiger partial charge in [0.15, 0.2) is 0 Å². The molecular formula is C16H26N2O3. The van der Waals surface area contributed by atoms with E-state index in [1.165, 1.54) is 0 Å². The lowest BCUT2D eigenvalue weighted by Crippen LogP contribution is -2.44. The molecule has 5 nitrogen and oxygen atoms in total. The van der Waals surface area contributed by atoms with E-state index in [2.05, 4.69) is 10.6 Å². The van der Waals surface area contributed by atoms with Crippen molar-refractivity contribution in [2.75, 3.05) is 13.2 Å². The number of carbonyl (C=O) groups is 1. The van der Waals surface area contributed by atoms with Gasteiger partial charge in [0.05, 0.1) is 12.6 Å². The highest BCUT2D eigenvalue weighted by molar-refractivity contribution is 5.74. The molecular weight excluding hydrogens is 268 g/mol. The van der Waals surface area contributed by atoms with E-state index in [4.69, 9.17) is 9.84 Å². The minimum absolute atomic E-state index is 0.0246. The van der Waals surface area contributed by atoms with E-state index in [-0.39, 0.29) is 30.6 Å². The zero-order valence-corrected chi connectivity index (χ0v) is 13.2. The Morgan fingerprint density at radius 1 is 1.19 bits per heavy atom. The van der Waals surface area contributed by atoms with Crippen LogP contribution in [0.1, 0.15) is 39.3 Å². The molecule has 0 saturated heterocycles. The van der Waals surface area contributed by atoms with Crippen LogP contribution < -0.4 is 15.4 Å². The lowest BCUT2D eigenvalue weighted by Gasteiger charge is -2.21. The van der Waals surface area contributed by atoms with Crippen LogP contribution in [0.2, 0.25) is 0 Å². The minimum atomic E-state index is -0.232. The predicted octanol–water partition coefficient (Wildman–Crippen LogP) is 2.46. The molecule has 118 valence electrons. The first-order valence-electron chi connectivity index (χ1n) is 7.38. The maximum absolute atomic E-state index is 11.9. The summed E-state index contributed by atoms with van der Waals surface area (Å²) in [6.07, 6.45) is 0. The molecule has 0 spiro atoms. The van der Waals surface area contributed by atoms with Crippen LogP contribution in [0.3, 0.4) is 0 Å². The molecule has 0 bridgehead atoms. The van der Waals surface area contributed by atoms with Gasteiger partial charge in [-0.05, 0) is 44.4 Å². The van der Waals surface area contributed by atoms with Gasteiger partial charge in [-0.3, -0.25) is 0 Å². The highest BCUT2D eigenvalue weighted by Gasteiger charge is 2.15. The van der Waals surface area contributed by atoms with Crippen molar-refractivity contribution in [2.45, 2.75) is 39.8 Å². The van der Waals surface area contributed by atoms with Crippen molar-refractivity contribution in [1.82, 2.24) is 10.6 Å². The standard InChI is InChI=1S/C16H26N2O3/c1-5-21-15-8-6-14(7-9-15)13(4)18-16(20)17-12(3)11(2)10-19/h6-9,11-13,19H,5,10H2,1-4H3,(H2,17,18,20). The molecule has 5 heteroatoms. The van der Waals surface area contributed by atoms with E-state index >= 15 is 0 Å². The minimum Gasteiger partial charge on any atom is -0.494 e. The molecule has 2 amide bonds. The number of aliphatic hydroxyl groups excluding tert-OH is 1. The van der Waals surface area contributed by atoms with E-state index in [0.29, 0.717) is 6.61 Å². The molecule has 0 aliphatic rings. The number of ether oxygens (including phenoxy) is 1. The zero-order valence-electron chi connectivity index (χ0n) is 13.2. The molecule has 0 aromatic heterocycles. The molecule has 21 heavy (non-hydrogen) atoms. The average Bonchev–Trinajstić information content (AvgIpc) is 2.47. The van der Waals surface area contributed by atoms with Crippen LogP contribution in [0.5, 0.6) is 5.75 Å². The molecule has 0 radical (unpaired) electrons. The van der Waals surface area contributed by atoms with Crippen molar-refractivity contribution in [2.24, 2.45) is 5.92 Å². The van der Waals surface area contributed by atoms with Crippen LogP contribution in [0, 0.1) is 5.92 Å². The quantitative estimate of drug-likeness (QED) is 0.723. The molecule has 0 saturated carbocycles. The summed E-state index contributed by atoms with van der Waals surface area (Å²) in [6, 6.07) is 7.26. The molecule has 1 rings (SSSR count). The summed E-state index contributed by atoms with van der Waals surface area (Å²) in [5, 5.41) is 14.8. The van der Waals surface area contributed by atoms with Crippen molar-refractivity contribution in [3.63, 3.8) is 0 Å². The van der Waals surface area contributed by atoms with E-state index in [9.17, 15) is 4.79 Å². The number of urea groups is 1. The molecule has 3 atom stereocenters. The monoisotopic (exact) mass is 294 g/mol. The van der Waals surface area contributed by atoms with Crippen molar-refractivity contribution in [1.29, 1.82) is 0 Å². The molecule has 3 N–H and O–H groups in total. The Kier molecular flexibility index (Phi) is 7.02. The third kappa shape index (κ3) is 5.63. The van der Waals surface area contributed by atoms with Crippen molar-refractivity contribution in [3.8, 4) is 5.75 Å². The van der Waals surface area contributed by atoms with Gasteiger partial charge in [0.1, 0.15) is 5.75 Å². The van der Waals surface area contributed by atoms with Gasteiger partial charge in [-0.25, -0.2) is 4.79 Å². The number of rotatable bonds is 7. The fraction of sp³-hybridized carbons (Fsp3) is 0.562. The largest absolute Gasteiger partial charge is 0.494 e.